The Hall–Kier alpha value is -7.99. The van der Waals surface area contributed by atoms with E-state index >= 15 is 0 Å². The van der Waals surface area contributed by atoms with Crippen LogP contribution in [-0.4, -0.2) is 38.9 Å². The van der Waals surface area contributed by atoms with Gasteiger partial charge in [-0.15, -0.1) is 0 Å². The summed E-state index contributed by atoms with van der Waals surface area (Å²) in [5, 5.41) is 3.05. The molecule has 12 rings (SSSR count). The van der Waals surface area contributed by atoms with Crippen LogP contribution in [0.1, 0.15) is 100 Å². The van der Waals surface area contributed by atoms with Crippen molar-refractivity contribution in [2.45, 2.75) is 82.9 Å². The number of benzene rings is 10. The normalized spacial score (nSPS) is 13.0. The molecule has 0 radical (unpaired) electrons. The van der Waals surface area contributed by atoms with Crippen molar-refractivity contribution in [1.82, 2.24) is 0 Å². The number of rotatable bonds is 11. The molecular weight excluding hydrogens is 1180 g/mol. The van der Waals surface area contributed by atoms with Crippen LogP contribution in [0.15, 0.2) is 203 Å². The van der Waals surface area contributed by atoms with E-state index < -0.39 is 30.4 Å². The molecule has 89 heavy (non-hydrogen) atoms. The average Bonchev–Trinajstić information content (AvgIpc) is 3.58. The maximum atomic E-state index is 12.4. The molecule has 10 aromatic carbocycles. The van der Waals surface area contributed by atoms with E-state index in [0.29, 0.717) is 68.0 Å². The summed E-state index contributed by atoms with van der Waals surface area (Å²) in [6.07, 6.45) is 5.42. The molecule has 0 N–H and O–H groups in total. The largest absolute Gasteiger partial charge is 1.00 e. The molecule has 0 unspecified atom stereocenters. The molecule has 2 aliphatic rings. The fourth-order valence-electron chi connectivity index (χ4n) is 12.0. The molecule has 0 saturated heterocycles. The topological polar surface area (TPSA) is 190 Å². The van der Waals surface area contributed by atoms with Crippen LogP contribution in [-0.2, 0) is 43.2 Å². The van der Waals surface area contributed by atoms with Crippen LogP contribution in [0.25, 0.3) is 23.3 Å². The van der Waals surface area contributed by atoms with Gasteiger partial charge in [-0.25, -0.2) is 25.3 Å². The van der Waals surface area contributed by atoms with Gasteiger partial charge in [0.15, 0.2) is 0 Å². The zero-order valence-corrected chi connectivity index (χ0v) is 55.1. The average molecular weight is 1250 g/mol. The minimum Gasteiger partial charge on any atom is -0.744 e. The molecule has 0 fully saturated rings. The number of ether oxygens (including phenoxy) is 2. The predicted molar refractivity (Wildman–Crippen MR) is 341 cm³/mol. The second-order valence-corrected chi connectivity index (χ2v) is 26.7. The third-order valence-electron chi connectivity index (χ3n) is 16.5. The Balaban J connectivity index is 0.000000195. The van der Waals surface area contributed by atoms with Crippen LogP contribution in [0.3, 0.4) is 0 Å². The van der Waals surface area contributed by atoms with Crippen molar-refractivity contribution in [2.75, 3.05) is 0 Å². The maximum absolute atomic E-state index is 12.4. The molecule has 444 valence electrons. The first kappa shape index (κ1) is 64.0. The van der Waals surface area contributed by atoms with Crippen LogP contribution in [0.5, 0.6) is 23.0 Å². The number of aryl methyl sites for hydroxylation is 8. The van der Waals surface area contributed by atoms with Crippen LogP contribution < -0.4 is 59.9 Å². The summed E-state index contributed by atoms with van der Waals surface area (Å²) < 4.78 is 122. The summed E-state index contributed by atoms with van der Waals surface area (Å²) >= 11 is 0. The molecule has 0 aromatic heterocycles. The molecule has 2 aliphatic heterocycles. The second-order valence-electron chi connectivity index (χ2n) is 22.6. The first-order valence-electron chi connectivity index (χ1n) is 28.5. The Morgan fingerprint density at radius 1 is 0.348 bits per heavy atom. The molecule has 2 heterocycles. The number of hydrogen-bond acceptors (Lipinski definition) is 11. The fourth-order valence-corrected chi connectivity index (χ4v) is 14.0. The molecule has 0 saturated carbocycles. The molecule has 15 heteroatoms. The standard InChI is InChI=1S/C37H32O7S2.C37H32O4S.Na/c1-22-8-7-9-23(2)32(22)18-26-12-14-29-34(20-26)44-35-21-27(19-33-24(3)16-28(17-25(33)4)45(38,39)40)13-15-30(35)37(29)31-10-5-6-11-36(31)46(41,42)43;1-23-9-7-10-24(2)32(23)19-27-15-17-29-34(21-27)41-35-22-28(20-33-25(3)11-8-12-26(33)4)16-18-30(35)37(29)31-13-5-6-14-36(31)42(38,39)40;/h5-17,19-21H,18H2,1-4H3,(H,38,39,40)(H,41,42,43);5-19,21-22H,20H2,1-4H3,(H,38,39,40);/q;;+1/p-3/b2*27-19+;. The van der Waals surface area contributed by atoms with Crippen molar-refractivity contribution in [1.29, 1.82) is 0 Å². The summed E-state index contributed by atoms with van der Waals surface area (Å²) in [6, 6.07) is 57.3. The van der Waals surface area contributed by atoms with Gasteiger partial charge in [0.2, 0.25) is 0 Å². The quantitative estimate of drug-likeness (QED) is 0.0887. The number of fused-ring (bicyclic) bond motifs is 4. The third kappa shape index (κ3) is 13.5. The summed E-state index contributed by atoms with van der Waals surface area (Å²) in [6.45, 7) is 16.1. The molecule has 0 amide bonds. The van der Waals surface area contributed by atoms with Gasteiger partial charge in [-0.3, -0.25) is 0 Å². The summed E-state index contributed by atoms with van der Waals surface area (Å²) in [4.78, 5) is -0.851. The number of hydrogen-bond donors (Lipinski definition) is 0. The molecule has 0 atom stereocenters. The summed E-state index contributed by atoms with van der Waals surface area (Å²) in [5.74, 6) is 2.23. The van der Waals surface area contributed by atoms with Crippen molar-refractivity contribution in [3.8, 4) is 23.0 Å². The minimum absolute atomic E-state index is 0. The first-order valence-corrected chi connectivity index (χ1v) is 32.7. The first-order chi connectivity index (χ1) is 41.8. The van der Waals surface area contributed by atoms with Crippen molar-refractivity contribution >= 4 is 53.7 Å². The SMILES string of the molecule is Cc1cc(S(=O)(=O)[O-])cc(C)c1/C=c1\ccc2c(c1)Oc1cc(Cc3c(C)cccc3C)ccc1C=2c1ccccc1S(=O)(=O)[O-].Cc1cccc(C)c1/C=c1\ccc2c(c1)Oc1cc(Cc3c(C)cccc3C)ccc1C=2c1ccccc1S(=O)(=O)[O-].[Na+]. The van der Waals surface area contributed by atoms with Gasteiger partial charge in [-0.05, 0) is 229 Å². The monoisotopic (exact) mass is 1240 g/mol. The summed E-state index contributed by atoms with van der Waals surface area (Å²) in [5.41, 5.74) is 18.2. The van der Waals surface area contributed by atoms with E-state index in [1.807, 2.05) is 84.9 Å². The summed E-state index contributed by atoms with van der Waals surface area (Å²) in [7, 11) is -14.1. The van der Waals surface area contributed by atoms with Gasteiger partial charge in [-0.1, -0.05) is 127 Å². The van der Waals surface area contributed by atoms with E-state index in [4.69, 9.17) is 9.47 Å². The Kier molecular flexibility index (Phi) is 18.3. The van der Waals surface area contributed by atoms with E-state index in [-0.39, 0.29) is 49.8 Å². The van der Waals surface area contributed by atoms with E-state index in [1.165, 1.54) is 74.8 Å². The van der Waals surface area contributed by atoms with Gasteiger partial charge in [0.25, 0.3) is 0 Å². The molecule has 0 spiro atoms. The van der Waals surface area contributed by atoms with Crippen LogP contribution in [0.2, 0.25) is 0 Å². The molecule has 10 aromatic rings. The van der Waals surface area contributed by atoms with Gasteiger partial charge < -0.3 is 23.1 Å². The van der Waals surface area contributed by atoms with E-state index in [1.54, 1.807) is 44.2 Å². The smallest absolute Gasteiger partial charge is 0.744 e. The van der Waals surface area contributed by atoms with Crippen molar-refractivity contribution in [2.24, 2.45) is 0 Å². The van der Waals surface area contributed by atoms with Crippen LogP contribution in [0, 0.1) is 55.4 Å². The second kappa shape index (κ2) is 25.5. The van der Waals surface area contributed by atoms with Gasteiger partial charge in [-0.2, -0.15) is 0 Å². The minimum atomic E-state index is -4.80. The van der Waals surface area contributed by atoms with E-state index in [9.17, 15) is 38.9 Å². The molecule has 0 aliphatic carbocycles. The maximum Gasteiger partial charge on any atom is 1.00 e. The zero-order chi connectivity index (χ0) is 62.6. The van der Waals surface area contributed by atoms with E-state index in [2.05, 4.69) is 96.1 Å². The molecular formula is C74H61NaO11S3-2. The van der Waals surface area contributed by atoms with Crippen LogP contribution >= 0.6 is 0 Å². The molecule has 0 bridgehead atoms. The Morgan fingerprint density at radius 2 is 0.708 bits per heavy atom. The Bertz CT molecular complexity index is 5090. The third-order valence-corrected chi connectivity index (χ3v) is 19.1. The van der Waals surface area contributed by atoms with Gasteiger partial charge in [0.05, 0.1) is 14.7 Å². The fraction of sp³-hybridized carbons (Fsp3) is 0.135. The van der Waals surface area contributed by atoms with Gasteiger partial charge >= 0.3 is 29.6 Å². The van der Waals surface area contributed by atoms with Gasteiger partial charge in [0.1, 0.15) is 53.4 Å². The van der Waals surface area contributed by atoms with Gasteiger partial charge in [0, 0.05) is 43.8 Å². The molecule has 11 nitrogen and oxygen atoms in total. The van der Waals surface area contributed by atoms with Crippen molar-refractivity contribution in [3.63, 3.8) is 0 Å². The van der Waals surface area contributed by atoms with E-state index in [0.717, 1.165) is 49.9 Å². The predicted octanol–water partition coefficient (Wildman–Crippen LogP) is 9.10. The van der Waals surface area contributed by atoms with Crippen molar-refractivity contribution < 1.29 is 77.9 Å². The zero-order valence-electron chi connectivity index (χ0n) is 50.7. The Morgan fingerprint density at radius 3 is 1.08 bits per heavy atom. The Labute approximate surface area is 542 Å². The van der Waals surface area contributed by atoms with Crippen LogP contribution in [0.4, 0.5) is 0 Å². The van der Waals surface area contributed by atoms with Crippen molar-refractivity contribution in [3.05, 3.63) is 309 Å².